The zero-order valence-electron chi connectivity index (χ0n) is 11.6. The van der Waals surface area contributed by atoms with Crippen LogP contribution in [0.2, 0.25) is 0 Å². The van der Waals surface area contributed by atoms with E-state index in [2.05, 4.69) is 26.1 Å². The van der Waals surface area contributed by atoms with Gasteiger partial charge in [0, 0.05) is 12.1 Å². The van der Waals surface area contributed by atoms with Gasteiger partial charge in [0.2, 0.25) is 5.82 Å². The van der Waals surface area contributed by atoms with Crippen LogP contribution < -0.4 is 5.32 Å². The first-order valence-electron chi connectivity index (χ1n) is 6.65. The third kappa shape index (κ3) is 4.28. The van der Waals surface area contributed by atoms with E-state index >= 15 is 0 Å². The van der Waals surface area contributed by atoms with Gasteiger partial charge in [0.1, 0.15) is 0 Å². The van der Waals surface area contributed by atoms with E-state index < -0.39 is 16.4 Å². The molecule has 0 heterocycles. The van der Waals surface area contributed by atoms with Gasteiger partial charge in [0.05, 0.1) is 4.92 Å². The number of benzene rings is 1. The molecule has 2 unspecified atom stereocenters. The van der Waals surface area contributed by atoms with Gasteiger partial charge in [0.15, 0.2) is 0 Å². The molecule has 106 valence electrons. The van der Waals surface area contributed by atoms with E-state index in [9.17, 15) is 14.5 Å². The average Bonchev–Trinajstić information content (AvgIpc) is 2.35. The second kappa shape index (κ2) is 7.19. The first-order valence-corrected chi connectivity index (χ1v) is 6.65. The number of nitrogens with zero attached hydrogens (tertiary/aromatic N) is 1. The number of nitro benzene ring substituents is 1. The summed E-state index contributed by atoms with van der Waals surface area (Å²) in [5.41, 5.74) is 0.344. The minimum absolute atomic E-state index is 0.341. The molecule has 1 rings (SSSR count). The number of rotatable bonds is 7. The summed E-state index contributed by atoms with van der Waals surface area (Å²) < 4.78 is 13.5. The second-order valence-corrected chi connectivity index (χ2v) is 4.76. The van der Waals surface area contributed by atoms with Gasteiger partial charge in [0.25, 0.3) is 0 Å². The summed E-state index contributed by atoms with van der Waals surface area (Å²) in [6.45, 7) is 7.15. The summed E-state index contributed by atoms with van der Waals surface area (Å²) in [5.74, 6) is -0.366. The molecule has 0 aliphatic heterocycles. The van der Waals surface area contributed by atoms with Crippen LogP contribution in [0.15, 0.2) is 18.2 Å². The van der Waals surface area contributed by atoms with E-state index in [0.29, 0.717) is 12.0 Å². The molecule has 0 aromatic heterocycles. The van der Waals surface area contributed by atoms with Crippen molar-refractivity contribution in [2.24, 2.45) is 5.92 Å². The summed E-state index contributed by atoms with van der Waals surface area (Å²) in [7, 11) is 0. The first-order chi connectivity index (χ1) is 8.99. The van der Waals surface area contributed by atoms with Crippen LogP contribution in [0.25, 0.3) is 0 Å². The molecule has 19 heavy (non-hydrogen) atoms. The topological polar surface area (TPSA) is 55.2 Å². The van der Waals surface area contributed by atoms with Crippen molar-refractivity contribution in [2.75, 3.05) is 6.54 Å². The zero-order valence-corrected chi connectivity index (χ0v) is 11.6. The molecule has 5 heteroatoms. The predicted molar refractivity (Wildman–Crippen MR) is 73.7 cm³/mol. The average molecular weight is 268 g/mol. The summed E-state index contributed by atoms with van der Waals surface area (Å²) in [5, 5.41) is 13.9. The normalized spacial score (nSPS) is 14.1. The van der Waals surface area contributed by atoms with Crippen molar-refractivity contribution in [3.8, 4) is 0 Å². The van der Waals surface area contributed by atoms with Gasteiger partial charge in [-0.1, -0.05) is 26.3 Å². The molecule has 0 spiro atoms. The zero-order chi connectivity index (χ0) is 14.4. The lowest BCUT2D eigenvalue weighted by Crippen LogP contribution is -2.34. The Morgan fingerprint density at radius 3 is 2.58 bits per heavy atom. The molecule has 0 amide bonds. The van der Waals surface area contributed by atoms with Crippen LogP contribution in [0, 0.1) is 21.8 Å². The second-order valence-electron chi connectivity index (χ2n) is 4.76. The maximum absolute atomic E-state index is 13.5. The van der Waals surface area contributed by atoms with Crippen LogP contribution in [0.4, 0.5) is 10.1 Å². The highest BCUT2D eigenvalue weighted by Gasteiger charge is 2.18. The van der Waals surface area contributed by atoms with Crippen molar-refractivity contribution >= 4 is 5.69 Å². The van der Waals surface area contributed by atoms with E-state index in [1.807, 2.05) is 0 Å². The number of halogens is 1. The highest BCUT2D eigenvalue weighted by Crippen LogP contribution is 2.22. The van der Waals surface area contributed by atoms with Gasteiger partial charge < -0.3 is 5.32 Å². The SMILES string of the molecule is CCNC(C)C(CC)Cc1ccc([N+](=O)[O-])c(F)c1. The van der Waals surface area contributed by atoms with Gasteiger partial charge in [-0.2, -0.15) is 4.39 Å². The standard InChI is InChI=1S/C14H21FN2O2/c1-4-12(10(3)16-5-2)8-11-6-7-14(17(18)19)13(15)9-11/h6-7,9-10,12,16H,4-5,8H2,1-3H3. The Labute approximate surface area is 113 Å². The molecule has 0 radical (unpaired) electrons. The predicted octanol–water partition coefficient (Wildman–Crippen LogP) is 3.30. The van der Waals surface area contributed by atoms with Crippen molar-refractivity contribution in [2.45, 2.75) is 39.7 Å². The third-order valence-electron chi connectivity index (χ3n) is 3.46. The molecule has 2 atom stereocenters. The number of hydrogen-bond acceptors (Lipinski definition) is 3. The molecule has 0 bridgehead atoms. The summed E-state index contributed by atoms with van der Waals surface area (Å²) >= 11 is 0. The Balaban J connectivity index is 2.81. The molecule has 0 saturated carbocycles. The Bertz CT molecular complexity index is 437. The van der Waals surface area contributed by atoms with Crippen LogP contribution in [-0.4, -0.2) is 17.5 Å². The van der Waals surface area contributed by atoms with Gasteiger partial charge in [-0.3, -0.25) is 10.1 Å². The Hall–Kier alpha value is -1.49. The van der Waals surface area contributed by atoms with Crippen LogP contribution >= 0.6 is 0 Å². The number of nitrogens with one attached hydrogen (secondary N) is 1. The van der Waals surface area contributed by atoms with Crippen LogP contribution in [0.3, 0.4) is 0 Å². The van der Waals surface area contributed by atoms with Gasteiger partial charge in [-0.25, -0.2) is 0 Å². The van der Waals surface area contributed by atoms with E-state index in [1.165, 1.54) is 12.1 Å². The fraction of sp³-hybridized carbons (Fsp3) is 0.571. The molecular weight excluding hydrogens is 247 g/mol. The molecular formula is C14H21FN2O2. The van der Waals surface area contributed by atoms with Crippen molar-refractivity contribution < 1.29 is 9.31 Å². The van der Waals surface area contributed by atoms with Crippen molar-refractivity contribution in [1.82, 2.24) is 5.32 Å². The summed E-state index contributed by atoms with van der Waals surface area (Å²) in [6.07, 6.45) is 1.70. The minimum Gasteiger partial charge on any atom is -0.314 e. The smallest absolute Gasteiger partial charge is 0.304 e. The van der Waals surface area contributed by atoms with Gasteiger partial charge >= 0.3 is 5.69 Å². The van der Waals surface area contributed by atoms with Crippen LogP contribution in [0.5, 0.6) is 0 Å². The maximum atomic E-state index is 13.5. The lowest BCUT2D eigenvalue weighted by Gasteiger charge is -2.23. The number of hydrogen-bond donors (Lipinski definition) is 1. The molecule has 4 nitrogen and oxygen atoms in total. The van der Waals surface area contributed by atoms with E-state index in [0.717, 1.165) is 24.9 Å². The third-order valence-corrected chi connectivity index (χ3v) is 3.46. The Kier molecular flexibility index (Phi) is 5.89. The van der Waals surface area contributed by atoms with Gasteiger partial charge in [-0.05, 0) is 37.4 Å². The molecule has 0 saturated heterocycles. The summed E-state index contributed by atoms with van der Waals surface area (Å²) in [4.78, 5) is 9.86. The fourth-order valence-electron chi connectivity index (χ4n) is 2.29. The largest absolute Gasteiger partial charge is 0.314 e. The van der Waals surface area contributed by atoms with Crippen molar-refractivity contribution in [3.05, 3.63) is 39.7 Å². The molecule has 1 aromatic rings. The first kappa shape index (κ1) is 15.6. The van der Waals surface area contributed by atoms with Gasteiger partial charge in [-0.15, -0.1) is 0 Å². The molecule has 1 aromatic carbocycles. The van der Waals surface area contributed by atoms with Crippen LogP contribution in [0.1, 0.15) is 32.8 Å². The molecule has 1 N–H and O–H groups in total. The van der Waals surface area contributed by atoms with Crippen LogP contribution in [-0.2, 0) is 6.42 Å². The summed E-state index contributed by atoms with van der Waals surface area (Å²) in [6, 6.07) is 4.50. The van der Waals surface area contributed by atoms with E-state index in [-0.39, 0.29) is 0 Å². The lowest BCUT2D eigenvalue weighted by atomic mass is 9.90. The monoisotopic (exact) mass is 268 g/mol. The molecule has 0 aliphatic rings. The quantitative estimate of drug-likeness (QED) is 0.609. The Morgan fingerprint density at radius 1 is 1.42 bits per heavy atom. The Morgan fingerprint density at radius 2 is 2.11 bits per heavy atom. The fourth-order valence-corrected chi connectivity index (χ4v) is 2.29. The highest BCUT2D eigenvalue weighted by molar-refractivity contribution is 5.35. The lowest BCUT2D eigenvalue weighted by molar-refractivity contribution is -0.387. The maximum Gasteiger partial charge on any atom is 0.304 e. The molecule has 0 aliphatic carbocycles. The van der Waals surface area contributed by atoms with E-state index in [1.54, 1.807) is 6.07 Å². The van der Waals surface area contributed by atoms with Crippen molar-refractivity contribution in [3.63, 3.8) is 0 Å². The van der Waals surface area contributed by atoms with Crippen molar-refractivity contribution in [1.29, 1.82) is 0 Å². The number of nitro groups is 1. The van der Waals surface area contributed by atoms with E-state index in [4.69, 9.17) is 0 Å². The minimum atomic E-state index is -0.756. The highest BCUT2D eigenvalue weighted by atomic mass is 19.1. The molecule has 0 fully saturated rings.